The third-order valence-corrected chi connectivity index (χ3v) is 3.81. The van der Waals surface area contributed by atoms with E-state index in [0.29, 0.717) is 25.0 Å². The molecule has 0 bridgehead atoms. The second-order valence-corrected chi connectivity index (χ2v) is 5.09. The van der Waals surface area contributed by atoms with Gasteiger partial charge in [-0.25, -0.2) is 0 Å². The molecule has 2 rings (SSSR count). The van der Waals surface area contributed by atoms with Gasteiger partial charge in [0.1, 0.15) is 0 Å². The molecule has 0 radical (unpaired) electrons. The molecular weight excluding hydrogens is 204 g/mol. The van der Waals surface area contributed by atoms with Crippen LogP contribution in [0.15, 0.2) is 0 Å². The van der Waals surface area contributed by atoms with Gasteiger partial charge in [0.05, 0.1) is 13.2 Å². The van der Waals surface area contributed by atoms with Crippen molar-refractivity contribution in [3.63, 3.8) is 0 Å². The molecule has 4 heteroatoms. The van der Waals surface area contributed by atoms with Gasteiger partial charge in [0, 0.05) is 38.2 Å². The molecule has 2 fully saturated rings. The van der Waals surface area contributed by atoms with Crippen molar-refractivity contribution in [2.75, 3.05) is 46.4 Å². The van der Waals surface area contributed by atoms with Crippen molar-refractivity contribution >= 4 is 5.78 Å². The first-order valence-electron chi connectivity index (χ1n) is 6.20. The fourth-order valence-electron chi connectivity index (χ4n) is 2.41. The maximum absolute atomic E-state index is 12.0. The summed E-state index contributed by atoms with van der Waals surface area (Å²) < 4.78 is 5.26. The number of Topliss-reactive ketones (excluding diaryl/α,β-unsaturated/α-hetero) is 1. The van der Waals surface area contributed by atoms with E-state index in [9.17, 15) is 4.79 Å². The van der Waals surface area contributed by atoms with Gasteiger partial charge in [-0.15, -0.1) is 0 Å². The number of piperazine rings is 1. The highest BCUT2D eigenvalue weighted by Gasteiger charge is 2.27. The predicted molar refractivity (Wildman–Crippen MR) is 62.5 cm³/mol. The zero-order chi connectivity index (χ0) is 11.5. The molecule has 92 valence electrons. The first-order chi connectivity index (χ1) is 7.66. The smallest absolute Gasteiger partial charge is 0.152 e. The van der Waals surface area contributed by atoms with Crippen LogP contribution in [0.4, 0.5) is 0 Å². The number of hydrogen-bond donors (Lipinski definition) is 0. The summed E-state index contributed by atoms with van der Waals surface area (Å²) in [7, 11) is 2.15. The van der Waals surface area contributed by atoms with E-state index in [-0.39, 0.29) is 5.92 Å². The maximum atomic E-state index is 12.0. The van der Waals surface area contributed by atoms with E-state index in [4.69, 9.17) is 4.74 Å². The van der Waals surface area contributed by atoms with Crippen molar-refractivity contribution in [1.29, 1.82) is 0 Å². The molecule has 2 unspecified atom stereocenters. The van der Waals surface area contributed by atoms with Gasteiger partial charge in [0.2, 0.25) is 0 Å². The van der Waals surface area contributed by atoms with Gasteiger partial charge >= 0.3 is 0 Å². The molecule has 2 aliphatic rings. The number of carbonyl (C=O) groups excluding carboxylic acids is 1. The maximum Gasteiger partial charge on any atom is 0.152 e. The number of likely N-dealkylation sites (N-methyl/N-ethyl adjacent to an activating group) is 1. The van der Waals surface area contributed by atoms with Crippen LogP contribution in [0.5, 0.6) is 0 Å². The van der Waals surface area contributed by atoms with Crippen LogP contribution in [0, 0.1) is 5.92 Å². The molecule has 0 aromatic rings. The van der Waals surface area contributed by atoms with Crippen LogP contribution in [0.2, 0.25) is 0 Å². The Morgan fingerprint density at radius 3 is 2.88 bits per heavy atom. The summed E-state index contributed by atoms with van der Waals surface area (Å²) in [5, 5.41) is 0. The second kappa shape index (κ2) is 5.25. The molecule has 0 spiro atoms. The molecule has 0 aliphatic carbocycles. The van der Waals surface area contributed by atoms with E-state index in [0.717, 1.165) is 32.7 Å². The van der Waals surface area contributed by atoms with E-state index in [1.165, 1.54) is 0 Å². The molecule has 0 aromatic carbocycles. The third-order valence-electron chi connectivity index (χ3n) is 3.81. The first kappa shape index (κ1) is 12.0. The minimum absolute atomic E-state index is 0.162. The SMILES string of the molecule is CC1CN(CC(=O)C2CCOC2)CCN1C. The summed E-state index contributed by atoms with van der Waals surface area (Å²) in [5.41, 5.74) is 0. The summed E-state index contributed by atoms with van der Waals surface area (Å²) in [5.74, 6) is 0.532. The molecule has 2 saturated heterocycles. The van der Waals surface area contributed by atoms with E-state index in [2.05, 4.69) is 23.8 Å². The number of rotatable bonds is 3. The van der Waals surface area contributed by atoms with Crippen LogP contribution in [0.1, 0.15) is 13.3 Å². The number of carbonyl (C=O) groups is 1. The van der Waals surface area contributed by atoms with Crippen LogP contribution in [-0.4, -0.2) is 68.1 Å². The minimum atomic E-state index is 0.162. The summed E-state index contributed by atoms with van der Waals surface area (Å²) in [6.07, 6.45) is 0.919. The van der Waals surface area contributed by atoms with E-state index in [1.807, 2.05) is 0 Å². The van der Waals surface area contributed by atoms with Crippen LogP contribution in [-0.2, 0) is 9.53 Å². The Morgan fingerprint density at radius 2 is 2.25 bits per heavy atom. The molecule has 2 atom stereocenters. The summed E-state index contributed by atoms with van der Waals surface area (Å²) in [4.78, 5) is 16.6. The molecule has 0 aromatic heterocycles. The van der Waals surface area contributed by atoms with E-state index < -0.39 is 0 Å². The fraction of sp³-hybridized carbons (Fsp3) is 0.917. The number of ether oxygens (including phenoxy) is 1. The van der Waals surface area contributed by atoms with Crippen molar-refractivity contribution in [3.8, 4) is 0 Å². The Labute approximate surface area is 97.5 Å². The Balaban J connectivity index is 1.78. The van der Waals surface area contributed by atoms with Gasteiger partial charge in [0.25, 0.3) is 0 Å². The van der Waals surface area contributed by atoms with E-state index >= 15 is 0 Å². The predicted octanol–water partition coefficient (Wildman–Crippen LogP) is 0.228. The molecule has 2 heterocycles. The third kappa shape index (κ3) is 2.81. The lowest BCUT2D eigenvalue weighted by Crippen LogP contribution is -2.51. The van der Waals surface area contributed by atoms with Crippen LogP contribution in [0.3, 0.4) is 0 Å². The van der Waals surface area contributed by atoms with Crippen molar-refractivity contribution in [1.82, 2.24) is 9.80 Å². The van der Waals surface area contributed by atoms with Gasteiger partial charge in [-0.1, -0.05) is 0 Å². The van der Waals surface area contributed by atoms with Crippen molar-refractivity contribution in [2.24, 2.45) is 5.92 Å². The molecule has 4 nitrogen and oxygen atoms in total. The zero-order valence-corrected chi connectivity index (χ0v) is 10.3. The monoisotopic (exact) mass is 226 g/mol. The standard InChI is InChI=1S/C12H22N2O2/c1-10-7-14(5-4-13(10)2)8-12(15)11-3-6-16-9-11/h10-11H,3-9H2,1-2H3. The lowest BCUT2D eigenvalue weighted by molar-refractivity contribution is -0.124. The summed E-state index contributed by atoms with van der Waals surface area (Å²) in [6, 6.07) is 0.557. The Hall–Kier alpha value is -0.450. The summed E-state index contributed by atoms with van der Waals surface area (Å²) >= 11 is 0. The minimum Gasteiger partial charge on any atom is -0.381 e. The van der Waals surface area contributed by atoms with Gasteiger partial charge in [-0.05, 0) is 20.4 Å². The molecule has 0 N–H and O–H groups in total. The highest BCUT2D eigenvalue weighted by atomic mass is 16.5. The van der Waals surface area contributed by atoms with Crippen LogP contribution in [0.25, 0.3) is 0 Å². The molecule has 0 amide bonds. The summed E-state index contributed by atoms with van der Waals surface area (Å²) in [6.45, 7) is 7.32. The lowest BCUT2D eigenvalue weighted by Gasteiger charge is -2.37. The van der Waals surface area contributed by atoms with Crippen molar-refractivity contribution in [2.45, 2.75) is 19.4 Å². The van der Waals surface area contributed by atoms with Gasteiger partial charge in [0.15, 0.2) is 5.78 Å². The molecular formula is C12H22N2O2. The quantitative estimate of drug-likeness (QED) is 0.689. The Morgan fingerprint density at radius 1 is 1.44 bits per heavy atom. The lowest BCUT2D eigenvalue weighted by atomic mass is 10.0. The van der Waals surface area contributed by atoms with Crippen LogP contribution >= 0.6 is 0 Å². The van der Waals surface area contributed by atoms with Gasteiger partial charge < -0.3 is 9.64 Å². The van der Waals surface area contributed by atoms with Crippen LogP contribution < -0.4 is 0 Å². The average molecular weight is 226 g/mol. The Kier molecular flexibility index (Phi) is 3.95. The number of hydrogen-bond acceptors (Lipinski definition) is 4. The normalized spacial score (nSPS) is 33.1. The highest BCUT2D eigenvalue weighted by molar-refractivity contribution is 5.83. The van der Waals surface area contributed by atoms with Gasteiger partial charge in [-0.3, -0.25) is 9.69 Å². The van der Waals surface area contributed by atoms with Crippen molar-refractivity contribution in [3.05, 3.63) is 0 Å². The Bertz CT molecular complexity index is 251. The van der Waals surface area contributed by atoms with Crippen molar-refractivity contribution < 1.29 is 9.53 Å². The highest BCUT2D eigenvalue weighted by Crippen LogP contribution is 2.15. The molecule has 16 heavy (non-hydrogen) atoms. The zero-order valence-electron chi connectivity index (χ0n) is 10.3. The fourth-order valence-corrected chi connectivity index (χ4v) is 2.41. The first-order valence-corrected chi connectivity index (χ1v) is 6.20. The van der Waals surface area contributed by atoms with Gasteiger partial charge in [-0.2, -0.15) is 0 Å². The molecule has 0 saturated carbocycles. The molecule has 2 aliphatic heterocycles. The number of nitrogens with zero attached hydrogens (tertiary/aromatic N) is 2. The average Bonchev–Trinajstić information content (AvgIpc) is 2.77. The van der Waals surface area contributed by atoms with E-state index in [1.54, 1.807) is 0 Å². The number of ketones is 1. The topological polar surface area (TPSA) is 32.8 Å². The second-order valence-electron chi connectivity index (χ2n) is 5.09. The largest absolute Gasteiger partial charge is 0.381 e.